The summed E-state index contributed by atoms with van der Waals surface area (Å²) in [6, 6.07) is 8.00. The molecule has 9 heteroatoms. The molecule has 0 saturated carbocycles. The number of aromatic nitrogens is 2. The second-order valence-electron chi connectivity index (χ2n) is 4.59. The van der Waals surface area contributed by atoms with E-state index in [-0.39, 0.29) is 4.60 Å². The highest BCUT2D eigenvalue weighted by molar-refractivity contribution is 9.10. The van der Waals surface area contributed by atoms with Crippen molar-refractivity contribution in [2.75, 3.05) is 4.41 Å². The standard InChI is InChI=1S/C13H10BrF3N4S/c1-8-7-22-21(18-8)10-4-2-9(3-5-10)20-12(14)6-11(19-20)13(15,16)17/h2-7,18H,1H3. The number of anilines is 1. The number of halogens is 4. The molecular weight excluding hydrogens is 381 g/mol. The summed E-state index contributed by atoms with van der Waals surface area (Å²) in [7, 11) is 0. The van der Waals surface area contributed by atoms with Crippen molar-refractivity contribution in [2.24, 2.45) is 0 Å². The molecule has 1 aliphatic heterocycles. The summed E-state index contributed by atoms with van der Waals surface area (Å²) >= 11 is 4.60. The summed E-state index contributed by atoms with van der Waals surface area (Å²) in [6.07, 6.45) is -4.47. The molecule has 2 aromatic rings. The topological polar surface area (TPSA) is 33.1 Å². The lowest BCUT2D eigenvalue weighted by Crippen LogP contribution is -2.25. The molecule has 1 aromatic heterocycles. The molecule has 1 N–H and O–H groups in total. The van der Waals surface area contributed by atoms with Crippen LogP contribution >= 0.6 is 27.9 Å². The molecule has 0 fully saturated rings. The summed E-state index contributed by atoms with van der Waals surface area (Å²) in [6.45, 7) is 1.95. The lowest BCUT2D eigenvalue weighted by molar-refractivity contribution is -0.141. The molecule has 0 spiro atoms. The summed E-state index contributed by atoms with van der Waals surface area (Å²) in [5.41, 5.74) is 4.67. The molecule has 2 heterocycles. The van der Waals surface area contributed by atoms with Gasteiger partial charge in [0.2, 0.25) is 0 Å². The highest BCUT2D eigenvalue weighted by atomic mass is 79.9. The predicted molar refractivity (Wildman–Crippen MR) is 83.2 cm³/mol. The minimum absolute atomic E-state index is 0.249. The third kappa shape index (κ3) is 2.95. The molecule has 0 saturated heterocycles. The average Bonchev–Trinajstić information content (AvgIpc) is 3.05. The number of allylic oxidation sites excluding steroid dienone is 1. The first-order valence-electron chi connectivity index (χ1n) is 6.18. The third-order valence-corrected chi connectivity index (χ3v) is 4.43. The Morgan fingerprint density at radius 2 is 1.82 bits per heavy atom. The van der Waals surface area contributed by atoms with Gasteiger partial charge >= 0.3 is 6.18 Å². The van der Waals surface area contributed by atoms with E-state index in [0.29, 0.717) is 5.69 Å². The van der Waals surface area contributed by atoms with Gasteiger partial charge in [-0.3, -0.25) is 5.43 Å². The van der Waals surface area contributed by atoms with Crippen LogP contribution in [0.15, 0.2) is 46.0 Å². The zero-order chi connectivity index (χ0) is 15.9. The van der Waals surface area contributed by atoms with Gasteiger partial charge in [0.25, 0.3) is 0 Å². The minimum atomic E-state index is -4.47. The number of hydrogen-bond donors (Lipinski definition) is 1. The van der Waals surface area contributed by atoms with Crippen LogP contribution in [0.25, 0.3) is 5.69 Å². The summed E-state index contributed by atoms with van der Waals surface area (Å²) < 4.78 is 41.4. The van der Waals surface area contributed by atoms with Crippen molar-refractivity contribution in [3.8, 4) is 5.69 Å². The van der Waals surface area contributed by atoms with Gasteiger partial charge < -0.3 is 0 Å². The van der Waals surface area contributed by atoms with E-state index in [4.69, 9.17) is 0 Å². The molecule has 0 amide bonds. The van der Waals surface area contributed by atoms with Crippen molar-refractivity contribution in [3.05, 3.63) is 51.7 Å². The van der Waals surface area contributed by atoms with Crippen LogP contribution in [0, 0.1) is 0 Å². The molecule has 0 unspecified atom stereocenters. The second-order valence-corrected chi connectivity index (χ2v) is 6.21. The monoisotopic (exact) mass is 390 g/mol. The molecule has 3 rings (SSSR count). The number of alkyl halides is 3. The first kappa shape index (κ1) is 15.3. The molecule has 0 bridgehead atoms. The molecular formula is C13H10BrF3N4S. The van der Waals surface area contributed by atoms with Crippen molar-refractivity contribution in [2.45, 2.75) is 13.1 Å². The Bertz CT molecular complexity index is 724. The van der Waals surface area contributed by atoms with Crippen molar-refractivity contribution in [1.29, 1.82) is 0 Å². The molecule has 1 aliphatic rings. The van der Waals surface area contributed by atoms with Crippen LogP contribution in [0.4, 0.5) is 18.9 Å². The maximum Gasteiger partial charge on any atom is 0.435 e. The predicted octanol–water partition coefficient (Wildman–Crippen LogP) is 4.49. The van der Waals surface area contributed by atoms with Crippen LogP contribution in [0.1, 0.15) is 12.6 Å². The van der Waals surface area contributed by atoms with E-state index >= 15 is 0 Å². The zero-order valence-corrected chi connectivity index (χ0v) is 13.6. The van der Waals surface area contributed by atoms with Crippen molar-refractivity contribution in [1.82, 2.24) is 15.2 Å². The smallest absolute Gasteiger partial charge is 0.292 e. The number of hydrogen-bond acceptors (Lipinski definition) is 4. The number of nitrogens with zero attached hydrogens (tertiary/aromatic N) is 3. The third-order valence-electron chi connectivity index (χ3n) is 2.90. The Morgan fingerprint density at radius 1 is 1.18 bits per heavy atom. The first-order chi connectivity index (χ1) is 10.3. The number of hydrazine groups is 1. The van der Waals surface area contributed by atoms with E-state index in [1.807, 2.05) is 28.9 Å². The van der Waals surface area contributed by atoms with E-state index in [1.54, 1.807) is 12.1 Å². The van der Waals surface area contributed by atoms with Gasteiger partial charge in [0.1, 0.15) is 4.60 Å². The Hall–Kier alpha value is -1.61. The minimum Gasteiger partial charge on any atom is -0.292 e. The van der Waals surface area contributed by atoms with Crippen molar-refractivity contribution in [3.63, 3.8) is 0 Å². The van der Waals surface area contributed by atoms with Gasteiger partial charge in [-0.15, -0.1) is 0 Å². The molecule has 0 aliphatic carbocycles. The van der Waals surface area contributed by atoms with E-state index in [1.165, 1.54) is 16.6 Å². The molecule has 22 heavy (non-hydrogen) atoms. The first-order valence-corrected chi connectivity index (χ1v) is 7.81. The Kier molecular flexibility index (Phi) is 3.85. The lowest BCUT2D eigenvalue weighted by atomic mass is 10.3. The second kappa shape index (κ2) is 5.54. The van der Waals surface area contributed by atoms with Crippen LogP contribution in [-0.4, -0.2) is 9.78 Å². The fourth-order valence-electron chi connectivity index (χ4n) is 1.88. The van der Waals surface area contributed by atoms with Crippen LogP contribution < -0.4 is 9.84 Å². The van der Waals surface area contributed by atoms with Crippen LogP contribution in [0.2, 0.25) is 0 Å². The van der Waals surface area contributed by atoms with Gasteiger partial charge in [0, 0.05) is 29.1 Å². The molecule has 4 nitrogen and oxygen atoms in total. The summed E-state index contributed by atoms with van der Waals surface area (Å²) in [4.78, 5) is 0. The quantitative estimate of drug-likeness (QED) is 0.765. The van der Waals surface area contributed by atoms with Crippen molar-refractivity contribution >= 4 is 33.6 Å². The Morgan fingerprint density at radius 3 is 2.32 bits per heavy atom. The van der Waals surface area contributed by atoms with E-state index in [0.717, 1.165) is 17.5 Å². The fraction of sp³-hybridized carbons (Fsp3) is 0.154. The van der Waals surface area contributed by atoms with Crippen LogP contribution in [0.3, 0.4) is 0 Å². The van der Waals surface area contributed by atoms with Gasteiger partial charge in [-0.25, -0.2) is 9.10 Å². The lowest BCUT2D eigenvalue weighted by Gasteiger charge is -2.18. The maximum atomic E-state index is 12.7. The fourth-order valence-corrected chi connectivity index (χ4v) is 3.13. The Labute approximate surface area is 137 Å². The van der Waals surface area contributed by atoms with Crippen molar-refractivity contribution < 1.29 is 13.2 Å². The molecule has 116 valence electrons. The van der Waals surface area contributed by atoms with E-state index < -0.39 is 11.9 Å². The van der Waals surface area contributed by atoms with Gasteiger partial charge in [0.15, 0.2) is 5.69 Å². The van der Waals surface area contributed by atoms with Gasteiger partial charge in [-0.2, -0.15) is 18.3 Å². The van der Waals surface area contributed by atoms with Gasteiger partial charge in [-0.05, 0) is 47.1 Å². The highest BCUT2D eigenvalue weighted by Crippen LogP contribution is 2.32. The van der Waals surface area contributed by atoms with E-state index in [2.05, 4.69) is 26.5 Å². The van der Waals surface area contributed by atoms with Gasteiger partial charge in [0.05, 0.1) is 11.4 Å². The number of nitrogens with one attached hydrogen (secondary N) is 1. The number of benzene rings is 1. The zero-order valence-electron chi connectivity index (χ0n) is 11.2. The normalized spacial score (nSPS) is 15.0. The van der Waals surface area contributed by atoms with E-state index in [9.17, 15) is 13.2 Å². The largest absolute Gasteiger partial charge is 0.435 e. The average molecular weight is 391 g/mol. The number of rotatable bonds is 2. The Balaban J connectivity index is 1.86. The van der Waals surface area contributed by atoms with Crippen LogP contribution in [0.5, 0.6) is 0 Å². The highest BCUT2D eigenvalue weighted by Gasteiger charge is 2.34. The SMILES string of the molecule is CC1=CSN(c2ccc(-n3nc(C(F)(F)F)cc3Br)cc2)N1. The summed E-state index contributed by atoms with van der Waals surface area (Å²) in [5.74, 6) is 0. The van der Waals surface area contributed by atoms with Gasteiger partial charge in [-0.1, -0.05) is 0 Å². The van der Waals surface area contributed by atoms with Crippen LogP contribution in [-0.2, 0) is 6.18 Å². The summed E-state index contributed by atoms with van der Waals surface area (Å²) in [5, 5.41) is 5.56. The molecule has 0 radical (unpaired) electrons. The molecule has 0 atom stereocenters. The molecule has 1 aromatic carbocycles. The maximum absolute atomic E-state index is 12.7.